The number of aromatic nitrogens is 1. The predicted molar refractivity (Wildman–Crippen MR) is 48.4 cm³/mol. The van der Waals surface area contributed by atoms with Gasteiger partial charge >= 0.3 is 6.18 Å². The smallest absolute Gasteiger partial charge is 0.422 e. The van der Waals surface area contributed by atoms with Crippen molar-refractivity contribution in [1.29, 1.82) is 0 Å². The molecule has 8 heteroatoms. The molecule has 0 atom stereocenters. The van der Waals surface area contributed by atoms with Crippen molar-refractivity contribution < 1.29 is 26.7 Å². The van der Waals surface area contributed by atoms with Crippen molar-refractivity contribution in [3.63, 3.8) is 0 Å². The fraction of sp³-hybridized carbons (Fsp3) is 0.375. The molecule has 0 saturated heterocycles. The maximum Gasteiger partial charge on any atom is 0.422 e. The zero-order chi connectivity index (χ0) is 12.5. The summed E-state index contributed by atoms with van der Waals surface area (Å²) in [4.78, 5) is 3.21. The molecule has 0 fully saturated rings. The number of hydrogen-bond donors (Lipinski definition) is 0. The van der Waals surface area contributed by atoms with Gasteiger partial charge in [-0.25, -0.2) is 13.8 Å². The molecule has 1 heterocycles. The van der Waals surface area contributed by atoms with Gasteiger partial charge in [0.25, 0.3) is 6.43 Å². The van der Waals surface area contributed by atoms with E-state index < -0.39 is 34.1 Å². The lowest BCUT2D eigenvalue weighted by Crippen LogP contribution is -2.11. The van der Waals surface area contributed by atoms with Gasteiger partial charge in [0.2, 0.25) is 0 Å². The average molecular weight is 306 g/mol. The van der Waals surface area contributed by atoms with Crippen LogP contribution in [0.4, 0.5) is 22.0 Å². The summed E-state index contributed by atoms with van der Waals surface area (Å²) in [6.45, 7) is 0. The van der Waals surface area contributed by atoms with Gasteiger partial charge in [-0.05, 0) is 15.9 Å². The Kier molecular flexibility index (Phi) is 3.72. The predicted octanol–water partition coefficient (Wildman–Crippen LogP) is 3.81. The summed E-state index contributed by atoms with van der Waals surface area (Å²) in [5, 5.41) is 0. The summed E-state index contributed by atoms with van der Waals surface area (Å²) < 4.78 is 66.3. The summed E-state index contributed by atoms with van der Waals surface area (Å²) in [6.07, 6.45) is -7.26. The summed E-state index contributed by atoms with van der Waals surface area (Å²) >= 11 is 2.55. The molecular weight excluding hydrogens is 301 g/mol. The van der Waals surface area contributed by atoms with Crippen LogP contribution in [0.1, 0.15) is 17.6 Å². The van der Waals surface area contributed by atoms with E-state index in [1.807, 2.05) is 0 Å². The van der Waals surface area contributed by atoms with Crippen molar-refractivity contribution in [2.45, 2.75) is 12.6 Å². The van der Waals surface area contributed by atoms with Crippen molar-refractivity contribution in [2.24, 2.45) is 0 Å². The SMILES string of the molecule is COc1c(C(F)F)cnc(Br)c1C(F)(F)F. The van der Waals surface area contributed by atoms with E-state index in [1.54, 1.807) is 0 Å². The molecule has 0 aliphatic rings. The molecular formula is C8H5BrF5NO. The first kappa shape index (κ1) is 13.1. The minimum atomic E-state index is -4.82. The van der Waals surface area contributed by atoms with Gasteiger partial charge in [0.1, 0.15) is 15.9 Å². The average Bonchev–Trinajstić information content (AvgIpc) is 2.14. The molecule has 0 N–H and O–H groups in total. The number of hydrogen-bond acceptors (Lipinski definition) is 2. The van der Waals surface area contributed by atoms with Crippen LogP contribution in [-0.2, 0) is 6.18 Å². The number of nitrogens with zero attached hydrogens (tertiary/aromatic N) is 1. The van der Waals surface area contributed by atoms with Crippen LogP contribution < -0.4 is 4.74 Å². The molecule has 0 saturated carbocycles. The number of rotatable bonds is 2. The first-order valence-corrected chi connectivity index (χ1v) is 4.66. The molecule has 0 amide bonds. The van der Waals surface area contributed by atoms with Crippen molar-refractivity contribution >= 4 is 15.9 Å². The maximum atomic E-state index is 12.5. The molecule has 0 aliphatic carbocycles. The number of pyridine rings is 1. The van der Waals surface area contributed by atoms with Gasteiger partial charge in [-0.3, -0.25) is 0 Å². The van der Waals surface area contributed by atoms with Crippen molar-refractivity contribution in [2.75, 3.05) is 7.11 Å². The Morgan fingerprint density at radius 1 is 1.38 bits per heavy atom. The summed E-state index contributed by atoms with van der Waals surface area (Å²) in [5.41, 5.74) is -2.23. The fourth-order valence-electron chi connectivity index (χ4n) is 1.11. The Morgan fingerprint density at radius 3 is 2.31 bits per heavy atom. The van der Waals surface area contributed by atoms with Crippen LogP contribution in [0.3, 0.4) is 0 Å². The van der Waals surface area contributed by atoms with Gasteiger partial charge in [-0.2, -0.15) is 13.2 Å². The summed E-state index contributed by atoms with van der Waals surface area (Å²) in [7, 11) is 0.892. The van der Waals surface area contributed by atoms with E-state index in [1.165, 1.54) is 0 Å². The van der Waals surface area contributed by atoms with Crippen LogP contribution in [0.2, 0.25) is 0 Å². The molecule has 0 spiro atoms. The van der Waals surface area contributed by atoms with Crippen LogP contribution in [0, 0.1) is 0 Å². The Balaban J connectivity index is 3.51. The molecule has 0 aliphatic heterocycles. The van der Waals surface area contributed by atoms with E-state index in [0.717, 1.165) is 7.11 Å². The molecule has 0 unspecified atom stereocenters. The fourth-order valence-corrected chi connectivity index (χ4v) is 1.62. The van der Waals surface area contributed by atoms with Gasteiger partial charge in [-0.15, -0.1) is 0 Å². The van der Waals surface area contributed by atoms with Gasteiger partial charge < -0.3 is 4.74 Å². The number of methoxy groups -OCH3 is 1. The van der Waals surface area contributed by atoms with Gasteiger partial charge in [0.05, 0.1) is 12.7 Å². The van der Waals surface area contributed by atoms with Crippen LogP contribution in [-0.4, -0.2) is 12.1 Å². The third-order valence-corrected chi connectivity index (χ3v) is 2.34. The molecule has 2 nitrogen and oxygen atoms in total. The lowest BCUT2D eigenvalue weighted by molar-refractivity contribution is -0.139. The number of halogens is 6. The van der Waals surface area contributed by atoms with E-state index >= 15 is 0 Å². The second kappa shape index (κ2) is 4.52. The lowest BCUT2D eigenvalue weighted by atomic mass is 10.1. The highest BCUT2D eigenvalue weighted by Crippen LogP contribution is 2.43. The van der Waals surface area contributed by atoms with Crippen LogP contribution >= 0.6 is 15.9 Å². The van der Waals surface area contributed by atoms with Crippen LogP contribution in [0.5, 0.6) is 5.75 Å². The molecule has 0 aromatic carbocycles. The van der Waals surface area contributed by atoms with Gasteiger partial charge in [0, 0.05) is 6.20 Å². The molecule has 16 heavy (non-hydrogen) atoms. The van der Waals surface area contributed by atoms with Crippen LogP contribution in [0.25, 0.3) is 0 Å². The summed E-state index contributed by atoms with van der Waals surface area (Å²) in [5.74, 6) is -0.913. The van der Waals surface area contributed by atoms with Gasteiger partial charge in [-0.1, -0.05) is 0 Å². The monoisotopic (exact) mass is 305 g/mol. The van der Waals surface area contributed by atoms with E-state index in [0.29, 0.717) is 6.20 Å². The topological polar surface area (TPSA) is 22.1 Å². The third kappa shape index (κ3) is 2.42. The lowest BCUT2D eigenvalue weighted by Gasteiger charge is -2.15. The molecule has 1 aromatic rings. The highest BCUT2D eigenvalue weighted by atomic mass is 79.9. The normalized spacial score (nSPS) is 12.0. The highest BCUT2D eigenvalue weighted by molar-refractivity contribution is 9.10. The Bertz CT molecular complexity index is 393. The second-order valence-corrected chi connectivity index (χ2v) is 3.46. The number of alkyl halides is 5. The molecule has 1 aromatic heterocycles. The number of ether oxygens (including phenoxy) is 1. The molecule has 1 rings (SSSR count). The second-order valence-electron chi connectivity index (χ2n) is 2.71. The summed E-state index contributed by atoms with van der Waals surface area (Å²) in [6, 6.07) is 0. The molecule has 0 bridgehead atoms. The van der Waals surface area contributed by atoms with E-state index in [4.69, 9.17) is 0 Å². The minimum Gasteiger partial charge on any atom is -0.495 e. The van der Waals surface area contributed by atoms with Gasteiger partial charge in [0.15, 0.2) is 0 Å². The van der Waals surface area contributed by atoms with Crippen molar-refractivity contribution in [3.05, 3.63) is 21.9 Å². The molecule has 90 valence electrons. The zero-order valence-corrected chi connectivity index (χ0v) is 9.36. The zero-order valence-electron chi connectivity index (χ0n) is 7.78. The maximum absolute atomic E-state index is 12.5. The Hall–Kier alpha value is -0.920. The van der Waals surface area contributed by atoms with E-state index in [-0.39, 0.29) is 0 Å². The van der Waals surface area contributed by atoms with Crippen LogP contribution in [0.15, 0.2) is 10.8 Å². The third-order valence-electron chi connectivity index (χ3n) is 1.74. The minimum absolute atomic E-state index is 0.582. The standard InChI is InChI=1S/C8H5BrF5NO/c1-16-5-3(7(10)11)2-15-6(9)4(5)8(12,13)14/h2,7H,1H3. The van der Waals surface area contributed by atoms with Crippen molar-refractivity contribution in [1.82, 2.24) is 4.98 Å². The largest absolute Gasteiger partial charge is 0.495 e. The van der Waals surface area contributed by atoms with Crippen molar-refractivity contribution in [3.8, 4) is 5.75 Å². The van der Waals surface area contributed by atoms with E-state index in [9.17, 15) is 22.0 Å². The van der Waals surface area contributed by atoms with E-state index in [2.05, 4.69) is 25.7 Å². The quantitative estimate of drug-likeness (QED) is 0.612. The Morgan fingerprint density at radius 2 is 1.94 bits per heavy atom. The first-order chi connectivity index (χ1) is 7.29. The Labute approximate surface area is 95.6 Å². The molecule has 0 radical (unpaired) electrons. The first-order valence-electron chi connectivity index (χ1n) is 3.86. The highest BCUT2D eigenvalue weighted by Gasteiger charge is 2.39.